The highest BCUT2D eigenvalue weighted by atomic mass is 16.2. The number of benzene rings is 1. The third kappa shape index (κ3) is 5.10. The number of Topliss-reactive ketones (excluding diaryl/α,β-unsaturated/α-hetero) is 1. The van der Waals surface area contributed by atoms with E-state index in [-0.39, 0.29) is 17.7 Å². The number of amides is 1. The first-order valence-corrected chi connectivity index (χ1v) is 6.01. The number of hydrogen-bond acceptors (Lipinski definition) is 3. The van der Waals surface area contributed by atoms with Gasteiger partial charge in [0.15, 0.2) is 5.78 Å². The van der Waals surface area contributed by atoms with Gasteiger partial charge < -0.3 is 10.2 Å². The highest BCUT2D eigenvalue weighted by Crippen LogP contribution is 2.05. The molecule has 98 valence electrons. The minimum Gasteiger partial charge on any atom is -0.352 e. The highest BCUT2D eigenvalue weighted by Gasteiger charge is 2.13. The van der Waals surface area contributed by atoms with E-state index < -0.39 is 0 Å². The van der Waals surface area contributed by atoms with E-state index in [9.17, 15) is 9.59 Å². The number of carbonyl (C=O) groups excluding carboxylic acids is 2. The van der Waals surface area contributed by atoms with E-state index >= 15 is 0 Å². The number of nitrogens with zero attached hydrogens (tertiary/aromatic N) is 1. The average Bonchev–Trinajstić information content (AvgIpc) is 2.28. The normalized spacial score (nSPS) is 12.2. The smallest absolute Gasteiger partial charge is 0.234 e. The van der Waals surface area contributed by atoms with Crippen LogP contribution in [0.1, 0.15) is 23.7 Å². The summed E-state index contributed by atoms with van der Waals surface area (Å²) in [4.78, 5) is 25.2. The molecule has 1 aromatic carbocycles. The summed E-state index contributed by atoms with van der Waals surface area (Å²) in [5.74, 6) is -0.0124. The van der Waals surface area contributed by atoms with E-state index in [4.69, 9.17) is 0 Å². The monoisotopic (exact) mass is 248 g/mol. The SMILES string of the molecule is C[C@H](CC(=O)c1ccccc1)NC(=O)CN(C)C. The van der Waals surface area contributed by atoms with Gasteiger partial charge in [-0.2, -0.15) is 0 Å². The Morgan fingerprint density at radius 3 is 2.39 bits per heavy atom. The topological polar surface area (TPSA) is 49.4 Å². The number of nitrogens with one attached hydrogen (secondary N) is 1. The molecule has 1 atom stereocenters. The van der Waals surface area contributed by atoms with Crippen molar-refractivity contribution in [3.05, 3.63) is 35.9 Å². The third-order valence-electron chi connectivity index (χ3n) is 2.45. The number of ketones is 1. The van der Waals surface area contributed by atoms with Gasteiger partial charge in [0.2, 0.25) is 5.91 Å². The number of carbonyl (C=O) groups is 2. The molecule has 0 aromatic heterocycles. The van der Waals surface area contributed by atoms with E-state index in [1.54, 1.807) is 17.0 Å². The fourth-order valence-corrected chi connectivity index (χ4v) is 1.68. The molecule has 0 unspecified atom stereocenters. The minimum absolute atomic E-state index is 0.0493. The fraction of sp³-hybridized carbons (Fsp3) is 0.429. The summed E-state index contributed by atoms with van der Waals surface area (Å²) < 4.78 is 0. The Labute approximate surface area is 108 Å². The van der Waals surface area contributed by atoms with Gasteiger partial charge in [-0.3, -0.25) is 9.59 Å². The van der Waals surface area contributed by atoms with Gasteiger partial charge in [0.05, 0.1) is 6.54 Å². The lowest BCUT2D eigenvalue weighted by atomic mass is 10.0. The molecule has 0 aliphatic carbocycles. The Hall–Kier alpha value is -1.68. The fourth-order valence-electron chi connectivity index (χ4n) is 1.68. The third-order valence-corrected chi connectivity index (χ3v) is 2.45. The Balaban J connectivity index is 2.43. The number of hydrogen-bond donors (Lipinski definition) is 1. The molecular weight excluding hydrogens is 228 g/mol. The summed E-state index contributed by atoms with van der Waals surface area (Å²) in [5.41, 5.74) is 0.686. The molecule has 0 bridgehead atoms. The first-order chi connectivity index (χ1) is 8.49. The molecule has 0 aliphatic heterocycles. The summed E-state index contributed by atoms with van der Waals surface area (Å²) in [5, 5.41) is 2.81. The molecule has 0 radical (unpaired) electrons. The van der Waals surface area contributed by atoms with Crippen LogP contribution in [-0.2, 0) is 4.79 Å². The number of likely N-dealkylation sites (N-methyl/N-ethyl adjacent to an activating group) is 1. The average molecular weight is 248 g/mol. The van der Waals surface area contributed by atoms with E-state index in [0.29, 0.717) is 18.5 Å². The molecule has 0 saturated heterocycles. The summed E-state index contributed by atoms with van der Waals surface area (Å²) in [6.07, 6.45) is 0.323. The van der Waals surface area contributed by atoms with Crippen molar-refractivity contribution >= 4 is 11.7 Å². The van der Waals surface area contributed by atoms with Crippen molar-refractivity contribution in [2.75, 3.05) is 20.6 Å². The van der Waals surface area contributed by atoms with Crippen molar-refractivity contribution < 1.29 is 9.59 Å². The summed E-state index contributed by atoms with van der Waals surface area (Å²) >= 11 is 0. The van der Waals surface area contributed by atoms with Crippen LogP contribution < -0.4 is 5.32 Å². The Bertz CT molecular complexity index is 402. The van der Waals surface area contributed by atoms with Gasteiger partial charge in [-0.25, -0.2) is 0 Å². The second kappa shape index (κ2) is 6.91. The van der Waals surface area contributed by atoms with Crippen LogP contribution in [0.4, 0.5) is 0 Å². The first-order valence-electron chi connectivity index (χ1n) is 6.01. The highest BCUT2D eigenvalue weighted by molar-refractivity contribution is 5.96. The van der Waals surface area contributed by atoms with Crippen LogP contribution in [0.3, 0.4) is 0 Å². The van der Waals surface area contributed by atoms with Crippen molar-refractivity contribution in [2.45, 2.75) is 19.4 Å². The van der Waals surface area contributed by atoms with Crippen LogP contribution in [-0.4, -0.2) is 43.3 Å². The van der Waals surface area contributed by atoms with E-state index in [1.807, 2.05) is 39.2 Å². The zero-order valence-electron chi connectivity index (χ0n) is 11.1. The van der Waals surface area contributed by atoms with Crippen LogP contribution >= 0.6 is 0 Å². The molecule has 0 aliphatic rings. The maximum atomic E-state index is 11.9. The molecule has 0 saturated carbocycles. The maximum absolute atomic E-state index is 11.9. The van der Waals surface area contributed by atoms with Gasteiger partial charge in [-0.1, -0.05) is 30.3 Å². The zero-order valence-corrected chi connectivity index (χ0v) is 11.1. The van der Waals surface area contributed by atoms with E-state index in [0.717, 1.165) is 0 Å². The van der Waals surface area contributed by atoms with Crippen molar-refractivity contribution in [2.24, 2.45) is 0 Å². The van der Waals surface area contributed by atoms with Gasteiger partial charge in [0, 0.05) is 18.0 Å². The largest absolute Gasteiger partial charge is 0.352 e. The van der Waals surface area contributed by atoms with Crippen LogP contribution in [0.25, 0.3) is 0 Å². The Kier molecular flexibility index (Phi) is 5.52. The Morgan fingerprint density at radius 1 is 1.22 bits per heavy atom. The molecule has 1 aromatic rings. The molecule has 4 heteroatoms. The molecule has 0 fully saturated rings. The zero-order chi connectivity index (χ0) is 13.5. The summed E-state index contributed by atoms with van der Waals surface area (Å²) in [7, 11) is 3.67. The standard InChI is InChI=1S/C14H20N2O2/c1-11(15-14(18)10-16(2)3)9-13(17)12-7-5-4-6-8-12/h4-8,11H,9-10H2,1-3H3,(H,15,18)/t11-/m1/s1. The van der Waals surface area contributed by atoms with Crippen LogP contribution in [0.5, 0.6) is 0 Å². The molecule has 0 spiro atoms. The van der Waals surface area contributed by atoms with Gasteiger partial charge in [-0.15, -0.1) is 0 Å². The van der Waals surface area contributed by atoms with Crippen molar-refractivity contribution in [1.29, 1.82) is 0 Å². The van der Waals surface area contributed by atoms with E-state index in [2.05, 4.69) is 5.32 Å². The van der Waals surface area contributed by atoms with Crippen molar-refractivity contribution in [3.8, 4) is 0 Å². The van der Waals surface area contributed by atoms with Gasteiger partial charge >= 0.3 is 0 Å². The lowest BCUT2D eigenvalue weighted by Crippen LogP contribution is -2.39. The Morgan fingerprint density at radius 2 is 1.83 bits per heavy atom. The molecule has 4 nitrogen and oxygen atoms in total. The minimum atomic E-state index is -0.148. The maximum Gasteiger partial charge on any atom is 0.234 e. The summed E-state index contributed by atoms with van der Waals surface area (Å²) in [6, 6.07) is 8.97. The second-order valence-corrected chi connectivity index (χ2v) is 4.70. The van der Waals surface area contributed by atoms with Crippen LogP contribution in [0.2, 0.25) is 0 Å². The molecule has 0 heterocycles. The van der Waals surface area contributed by atoms with Crippen molar-refractivity contribution in [3.63, 3.8) is 0 Å². The van der Waals surface area contributed by atoms with E-state index in [1.165, 1.54) is 0 Å². The second-order valence-electron chi connectivity index (χ2n) is 4.70. The van der Waals surface area contributed by atoms with Crippen LogP contribution in [0, 0.1) is 0 Å². The quantitative estimate of drug-likeness (QED) is 0.773. The van der Waals surface area contributed by atoms with Gasteiger partial charge in [0.1, 0.15) is 0 Å². The molecular formula is C14H20N2O2. The molecule has 1 amide bonds. The lowest BCUT2D eigenvalue weighted by molar-refractivity contribution is -0.122. The molecule has 1 N–H and O–H groups in total. The van der Waals surface area contributed by atoms with Gasteiger partial charge in [0.25, 0.3) is 0 Å². The van der Waals surface area contributed by atoms with Crippen molar-refractivity contribution in [1.82, 2.24) is 10.2 Å². The lowest BCUT2D eigenvalue weighted by Gasteiger charge is -2.15. The molecule has 1 rings (SSSR count). The number of rotatable bonds is 6. The predicted molar refractivity (Wildman–Crippen MR) is 71.5 cm³/mol. The summed E-state index contributed by atoms with van der Waals surface area (Å²) in [6.45, 7) is 2.18. The molecule has 18 heavy (non-hydrogen) atoms. The van der Waals surface area contributed by atoms with Crippen LogP contribution in [0.15, 0.2) is 30.3 Å². The van der Waals surface area contributed by atoms with Gasteiger partial charge in [-0.05, 0) is 21.0 Å². The first kappa shape index (κ1) is 14.4. The predicted octanol–water partition coefficient (Wildman–Crippen LogP) is 1.33.